The lowest BCUT2D eigenvalue weighted by Gasteiger charge is -2.33. The Hall–Kier alpha value is -2.73. The highest BCUT2D eigenvalue weighted by atomic mass is 35.5. The molecule has 0 spiro atoms. The minimum atomic E-state index is -0.506. The van der Waals surface area contributed by atoms with Crippen LogP contribution >= 0.6 is 23.2 Å². The van der Waals surface area contributed by atoms with Gasteiger partial charge < -0.3 is 9.64 Å². The predicted octanol–water partition coefficient (Wildman–Crippen LogP) is 6.46. The van der Waals surface area contributed by atoms with Gasteiger partial charge in [-0.2, -0.15) is 0 Å². The fraction of sp³-hybridized carbons (Fsp3) is 0.333. The van der Waals surface area contributed by atoms with Crippen molar-refractivity contribution in [2.24, 2.45) is 5.11 Å². The summed E-state index contributed by atoms with van der Waals surface area (Å²) in [4.78, 5) is 29.9. The summed E-state index contributed by atoms with van der Waals surface area (Å²) in [5, 5.41) is 4.19. The van der Waals surface area contributed by atoms with Gasteiger partial charge in [-0.15, -0.1) is 0 Å². The summed E-state index contributed by atoms with van der Waals surface area (Å²) >= 11 is 11.9. The monoisotopic (exact) mass is 446 g/mol. The van der Waals surface area contributed by atoms with Crippen LogP contribution in [0.2, 0.25) is 10.0 Å². The number of azide groups is 1. The molecule has 156 valence electrons. The first-order valence-corrected chi connectivity index (χ1v) is 10.3. The van der Waals surface area contributed by atoms with Gasteiger partial charge in [0.25, 0.3) is 0 Å². The molecule has 1 amide bonds. The molecule has 0 aliphatic heterocycles. The topological polar surface area (TPSA) is 95.4 Å². The number of rotatable bonds is 6. The maximum Gasteiger partial charge on any atom is 0.338 e. The van der Waals surface area contributed by atoms with E-state index in [1.807, 2.05) is 0 Å². The molecule has 1 fully saturated rings. The van der Waals surface area contributed by atoms with Crippen LogP contribution in [0, 0.1) is 0 Å². The first-order valence-electron chi connectivity index (χ1n) is 9.57. The number of anilines is 1. The maximum atomic E-state index is 12.8. The highest BCUT2D eigenvalue weighted by Gasteiger charge is 2.37. The van der Waals surface area contributed by atoms with Crippen LogP contribution in [-0.4, -0.2) is 24.0 Å². The van der Waals surface area contributed by atoms with E-state index in [1.165, 1.54) is 6.07 Å². The van der Waals surface area contributed by atoms with Gasteiger partial charge >= 0.3 is 5.97 Å². The summed E-state index contributed by atoms with van der Waals surface area (Å²) < 4.78 is 5.76. The molecule has 1 saturated carbocycles. The molecule has 0 radical (unpaired) electrons. The Balaban J connectivity index is 1.83. The Labute approximate surface area is 184 Å². The molecule has 2 aromatic carbocycles. The van der Waals surface area contributed by atoms with E-state index in [9.17, 15) is 9.59 Å². The third-order valence-electron chi connectivity index (χ3n) is 5.02. The van der Waals surface area contributed by atoms with Gasteiger partial charge in [0, 0.05) is 22.7 Å². The van der Waals surface area contributed by atoms with Gasteiger partial charge in [0.15, 0.2) is 0 Å². The Morgan fingerprint density at radius 1 is 1.17 bits per heavy atom. The molecular formula is C21H20Cl2N4O3. The standard InChI is InChI=1S/C21H20Cl2N4O3/c1-2-20(28)27(15-9-7-14(8-10-15)25-26-24)18-4-3-5-19(18)30-21(29)13-6-11-16(22)17(23)12-13/h6-12,18-19H,2-5H2,1H3. The summed E-state index contributed by atoms with van der Waals surface area (Å²) in [6.07, 6.45) is 2.06. The van der Waals surface area contributed by atoms with E-state index < -0.39 is 12.1 Å². The first kappa shape index (κ1) is 22.0. The van der Waals surface area contributed by atoms with Gasteiger partial charge in [0.05, 0.1) is 21.7 Å². The zero-order chi connectivity index (χ0) is 21.7. The maximum absolute atomic E-state index is 12.8. The molecule has 2 atom stereocenters. The van der Waals surface area contributed by atoms with Gasteiger partial charge in [0.2, 0.25) is 5.91 Å². The number of carbonyl (C=O) groups excluding carboxylic acids is 2. The van der Waals surface area contributed by atoms with E-state index in [0.717, 1.165) is 6.42 Å². The number of benzene rings is 2. The van der Waals surface area contributed by atoms with Crippen LogP contribution in [0.4, 0.5) is 11.4 Å². The number of esters is 1. The van der Waals surface area contributed by atoms with E-state index in [1.54, 1.807) is 48.2 Å². The Morgan fingerprint density at radius 2 is 1.90 bits per heavy atom. The lowest BCUT2D eigenvalue weighted by atomic mass is 10.1. The molecule has 0 N–H and O–H groups in total. The average molecular weight is 447 g/mol. The van der Waals surface area contributed by atoms with Crippen molar-refractivity contribution in [1.82, 2.24) is 0 Å². The van der Waals surface area contributed by atoms with Crippen LogP contribution in [0.5, 0.6) is 0 Å². The number of halogens is 2. The number of hydrogen-bond donors (Lipinski definition) is 0. The second-order valence-electron chi connectivity index (χ2n) is 6.89. The third-order valence-corrected chi connectivity index (χ3v) is 5.76. The number of amides is 1. The van der Waals surface area contributed by atoms with E-state index >= 15 is 0 Å². The molecule has 0 aromatic heterocycles. The van der Waals surface area contributed by atoms with Crippen LogP contribution in [0.3, 0.4) is 0 Å². The van der Waals surface area contributed by atoms with Crippen LogP contribution in [0.1, 0.15) is 43.0 Å². The van der Waals surface area contributed by atoms with Gasteiger partial charge in [-0.3, -0.25) is 4.79 Å². The summed E-state index contributed by atoms with van der Waals surface area (Å²) in [5.74, 6) is -0.581. The predicted molar refractivity (Wildman–Crippen MR) is 116 cm³/mol. The molecule has 2 aromatic rings. The molecule has 0 saturated heterocycles. The number of ether oxygens (including phenoxy) is 1. The highest BCUT2D eigenvalue weighted by Crippen LogP contribution is 2.33. The van der Waals surface area contributed by atoms with E-state index in [2.05, 4.69) is 10.0 Å². The largest absolute Gasteiger partial charge is 0.457 e. The second kappa shape index (κ2) is 9.85. The molecule has 9 heteroatoms. The van der Waals surface area contributed by atoms with Gasteiger partial charge in [-0.25, -0.2) is 4.79 Å². The summed E-state index contributed by atoms with van der Waals surface area (Å²) in [7, 11) is 0. The number of nitrogens with zero attached hydrogens (tertiary/aromatic N) is 4. The van der Waals surface area contributed by atoms with Crippen molar-refractivity contribution in [2.45, 2.75) is 44.8 Å². The molecule has 3 rings (SSSR count). The second-order valence-corrected chi connectivity index (χ2v) is 7.71. The molecule has 2 unspecified atom stereocenters. The molecule has 1 aliphatic carbocycles. The lowest BCUT2D eigenvalue weighted by molar-refractivity contribution is -0.119. The minimum absolute atomic E-state index is 0.0750. The summed E-state index contributed by atoms with van der Waals surface area (Å²) in [6.45, 7) is 1.79. The van der Waals surface area contributed by atoms with Crippen molar-refractivity contribution in [3.63, 3.8) is 0 Å². The van der Waals surface area contributed by atoms with Crippen molar-refractivity contribution >= 4 is 46.5 Å². The van der Waals surface area contributed by atoms with Crippen LogP contribution in [0.25, 0.3) is 10.4 Å². The average Bonchev–Trinajstić information content (AvgIpc) is 3.19. The van der Waals surface area contributed by atoms with Gasteiger partial charge in [-0.05, 0) is 55.1 Å². The molecule has 30 heavy (non-hydrogen) atoms. The molecule has 1 aliphatic rings. The van der Waals surface area contributed by atoms with E-state index in [-0.39, 0.29) is 17.0 Å². The molecule has 7 nitrogen and oxygen atoms in total. The van der Waals surface area contributed by atoms with Crippen molar-refractivity contribution in [1.29, 1.82) is 0 Å². The van der Waals surface area contributed by atoms with E-state index in [4.69, 9.17) is 33.5 Å². The number of hydrogen-bond acceptors (Lipinski definition) is 4. The van der Waals surface area contributed by atoms with Crippen LogP contribution in [0.15, 0.2) is 47.6 Å². The van der Waals surface area contributed by atoms with Crippen LogP contribution < -0.4 is 4.90 Å². The molecule has 0 heterocycles. The van der Waals surface area contributed by atoms with Crippen molar-refractivity contribution in [3.8, 4) is 0 Å². The Kier molecular flexibility index (Phi) is 7.21. The quantitative estimate of drug-likeness (QED) is 0.220. The zero-order valence-corrected chi connectivity index (χ0v) is 17.8. The Morgan fingerprint density at radius 3 is 2.53 bits per heavy atom. The lowest BCUT2D eigenvalue weighted by Crippen LogP contribution is -2.46. The van der Waals surface area contributed by atoms with E-state index in [0.29, 0.717) is 41.2 Å². The van der Waals surface area contributed by atoms with Crippen LogP contribution in [-0.2, 0) is 9.53 Å². The van der Waals surface area contributed by atoms with Gasteiger partial charge in [-0.1, -0.05) is 47.4 Å². The first-order chi connectivity index (χ1) is 14.4. The summed E-state index contributed by atoms with van der Waals surface area (Å²) in [5.41, 5.74) is 10.0. The summed E-state index contributed by atoms with van der Waals surface area (Å²) in [6, 6.07) is 11.1. The fourth-order valence-electron chi connectivity index (χ4n) is 3.59. The van der Waals surface area contributed by atoms with Gasteiger partial charge in [0.1, 0.15) is 6.10 Å². The third kappa shape index (κ3) is 4.87. The van der Waals surface area contributed by atoms with Crippen molar-refractivity contribution < 1.29 is 14.3 Å². The smallest absolute Gasteiger partial charge is 0.338 e. The normalized spacial score (nSPS) is 17.8. The SMILES string of the molecule is CCC(=O)N(c1ccc(N=[N+]=[N-])cc1)C1CCCC1OC(=O)c1ccc(Cl)c(Cl)c1. The van der Waals surface area contributed by atoms with Crippen molar-refractivity contribution in [2.75, 3.05) is 4.90 Å². The Bertz CT molecular complexity index is 990. The zero-order valence-electron chi connectivity index (χ0n) is 16.3. The molecular weight excluding hydrogens is 427 g/mol. The fourth-order valence-corrected chi connectivity index (χ4v) is 3.89. The number of carbonyl (C=O) groups is 2. The minimum Gasteiger partial charge on any atom is -0.457 e. The van der Waals surface area contributed by atoms with Crippen molar-refractivity contribution in [3.05, 3.63) is 68.5 Å². The molecule has 0 bridgehead atoms. The highest BCUT2D eigenvalue weighted by molar-refractivity contribution is 6.42.